The number of hydrogen-bond acceptors (Lipinski definition) is 1. The predicted octanol–water partition coefficient (Wildman–Crippen LogP) is 1.56. The van der Waals surface area contributed by atoms with E-state index in [-0.39, 0.29) is 5.91 Å². The van der Waals surface area contributed by atoms with Crippen LogP contribution in [-0.4, -0.2) is 44.6 Å². The third-order valence-electron chi connectivity index (χ3n) is 1.68. The van der Waals surface area contributed by atoms with Gasteiger partial charge >= 0.3 is 0 Å². The van der Waals surface area contributed by atoms with Crippen LogP contribution in [0.1, 0.15) is 12.8 Å². The SMILES string of the molecule is C=CC(=O)[N-]CCCC[N+](C)(C)C. The highest BCUT2D eigenvalue weighted by atomic mass is 16.1. The standard InChI is InChI=1S/C10H20N2O/c1-5-10(13)11-8-6-7-9-12(2,3)4/h5H,1,6-9H2,2-4H3. The van der Waals surface area contributed by atoms with Crippen molar-refractivity contribution in [1.29, 1.82) is 0 Å². The fraction of sp³-hybridized carbons (Fsp3) is 0.700. The van der Waals surface area contributed by atoms with Crippen molar-refractivity contribution in [3.8, 4) is 0 Å². The summed E-state index contributed by atoms with van der Waals surface area (Å²) in [4.78, 5) is 10.7. The van der Waals surface area contributed by atoms with Gasteiger partial charge in [0.15, 0.2) is 0 Å². The van der Waals surface area contributed by atoms with Gasteiger partial charge in [0.25, 0.3) is 0 Å². The maximum atomic E-state index is 10.7. The van der Waals surface area contributed by atoms with E-state index >= 15 is 0 Å². The average molecular weight is 184 g/mol. The Balaban J connectivity index is 3.27. The Labute approximate surface area is 81.0 Å². The van der Waals surface area contributed by atoms with E-state index in [9.17, 15) is 4.79 Å². The Morgan fingerprint density at radius 1 is 1.38 bits per heavy atom. The van der Waals surface area contributed by atoms with Gasteiger partial charge in [0.2, 0.25) is 0 Å². The summed E-state index contributed by atoms with van der Waals surface area (Å²) in [6.07, 6.45) is 3.34. The lowest BCUT2D eigenvalue weighted by Crippen LogP contribution is -2.35. The summed E-state index contributed by atoms with van der Waals surface area (Å²) >= 11 is 0. The first-order chi connectivity index (χ1) is 5.95. The predicted molar refractivity (Wildman–Crippen MR) is 55.6 cm³/mol. The van der Waals surface area contributed by atoms with Crippen molar-refractivity contribution in [2.24, 2.45) is 0 Å². The topological polar surface area (TPSA) is 31.2 Å². The molecule has 0 radical (unpaired) electrons. The summed E-state index contributed by atoms with van der Waals surface area (Å²) in [6, 6.07) is 0. The number of quaternary nitrogens is 1. The van der Waals surface area contributed by atoms with Crippen LogP contribution in [0.2, 0.25) is 0 Å². The normalized spacial score (nSPS) is 11.0. The van der Waals surface area contributed by atoms with E-state index in [0.29, 0.717) is 6.54 Å². The Morgan fingerprint density at radius 3 is 2.46 bits per heavy atom. The molecule has 0 atom stereocenters. The van der Waals surface area contributed by atoms with Crippen LogP contribution in [0.4, 0.5) is 0 Å². The Bertz CT molecular complexity index is 170. The van der Waals surface area contributed by atoms with Gasteiger partial charge in [0, 0.05) is 0 Å². The zero-order chi connectivity index (χ0) is 10.3. The van der Waals surface area contributed by atoms with E-state index in [1.54, 1.807) is 0 Å². The average Bonchev–Trinajstić information content (AvgIpc) is 2.01. The molecule has 0 aromatic carbocycles. The molecule has 0 saturated carbocycles. The molecular weight excluding hydrogens is 164 g/mol. The highest BCUT2D eigenvalue weighted by molar-refractivity contribution is 5.98. The monoisotopic (exact) mass is 184 g/mol. The van der Waals surface area contributed by atoms with E-state index < -0.39 is 0 Å². The van der Waals surface area contributed by atoms with Crippen molar-refractivity contribution >= 4 is 5.91 Å². The summed E-state index contributed by atoms with van der Waals surface area (Å²) in [7, 11) is 6.48. The minimum Gasteiger partial charge on any atom is -0.650 e. The Kier molecular flexibility index (Phi) is 5.39. The van der Waals surface area contributed by atoms with E-state index in [1.165, 1.54) is 6.08 Å². The third kappa shape index (κ3) is 9.08. The van der Waals surface area contributed by atoms with Crippen LogP contribution in [0, 0.1) is 0 Å². The van der Waals surface area contributed by atoms with Crippen molar-refractivity contribution in [2.45, 2.75) is 12.8 Å². The number of rotatable bonds is 6. The van der Waals surface area contributed by atoms with Crippen molar-refractivity contribution in [1.82, 2.24) is 0 Å². The van der Waals surface area contributed by atoms with E-state index in [2.05, 4.69) is 33.0 Å². The minimum atomic E-state index is -0.203. The van der Waals surface area contributed by atoms with Gasteiger partial charge < -0.3 is 14.6 Å². The summed E-state index contributed by atoms with van der Waals surface area (Å²) in [6.45, 7) is 5.11. The van der Waals surface area contributed by atoms with Crippen LogP contribution in [0.25, 0.3) is 5.32 Å². The van der Waals surface area contributed by atoms with Gasteiger partial charge in [-0.05, 0) is 12.5 Å². The lowest BCUT2D eigenvalue weighted by Gasteiger charge is -2.24. The van der Waals surface area contributed by atoms with Gasteiger partial charge in [-0.1, -0.05) is 13.0 Å². The molecule has 3 nitrogen and oxygen atoms in total. The zero-order valence-corrected chi connectivity index (χ0v) is 8.92. The first-order valence-electron chi connectivity index (χ1n) is 4.60. The van der Waals surface area contributed by atoms with Crippen LogP contribution in [-0.2, 0) is 4.79 Å². The van der Waals surface area contributed by atoms with E-state index in [1.807, 2.05) is 0 Å². The summed E-state index contributed by atoms with van der Waals surface area (Å²) in [5.74, 6) is -0.203. The largest absolute Gasteiger partial charge is 0.650 e. The Hall–Kier alpha value is -0.830. The second kappa shape index (κ2) is 5.75. The number of carbonyl (C=O) groups is 1. The fourth-order valence-electron chi connectivity index (χ4n) is 0.952. The molecule has 0 unspecified atom stereocenters. The summed E-state index contributed by atoms with van der Waals surface area (Å²) < 4.78 is 0.968. The molecule has 0 bridgehead atoms. The number of hydrogen-bond donors (Lipinski definition) is 0. The molecule has 76 valence electrons. The molecule has 0 N–H and O–H groups in total. The molecule has 1 amide bonds. The molecule has 0 spiro atoms. The second-order valence-corrected chi connectivity index (χ2v) is 4.15. The molecule has 0 aliphatic rings. The molecule has 0 saturated heterocycles. The molecular formula is C10H20N2O. The zero-order valence-electron chi connectivity index (χ0n) is 8.92. The lowest BCUT2D eigenvalue weighted by molar-refractivity contribution is -0.870. The van der Waals surface area contributed by atoms with Crippen LogP contribution < -0.4 is 0 Å². The maximum absolute atomic E-state index is 10.7. The molecule has 0 aromatic rings. The molecule has 0 fully saturated rings. The smallest absolute Gasteiger partial charge is 0.0779 e. The first kappa shape index (κ1) is 12.2. The molecule has 0 aromatic heterocycles. The number of carbonyl (C=O) groups excluding carboxylic acids is 1. The van der Waals surface area contributed by atoms with Crippen molar-refractivity contribution in [2.75, 3.05) is 34.2 Å². The quantitative estimate of drug-likeness (QED) is 0.350. The molecule has 0 heterocycles. The minimum absolute atomic E-state index is 0.203. The van der Waals surface area contributed by atoms with E-state index in [0.717, 1.165) is 23.9 Å². The number of nitrogens with zero attached hydrogens (tertiary/aromatic N) is 2. The molecule has 13 heavy (non-hydrogen) atoms. The van der Waals surface area contributed by atoms with Crippen LogP contribution in [0.5, 0.6) is 0 Å². The lowest BCUT2D eigenvalue weighted by atomic mass is 10.3. The van der Waals surface area contributed by atoms with Gasteiger partial charge in [-0.25, -0.2) is 0 Å². The van der Waals surface area contributed by atoms with Crippen molar-refractivity contribution < 1.29 is 9.28 Å². The van der Waals surface area contributed by atoms with Gasteiger partial charge in [0.05, 0.1) is 33.6 Å². The number of unbranched alkanes of at least 4 members (excludes halogenated alkanes) is 1. The highest BCUT2D eigenvalue weighted by Gasteiger charge is 2.03. The maximum Gasteiger partial charge on any atom is 0.0779 e. The van der Waals surface area contributed by atoms with Gasteiger partial charge in [-0.2, -0.15) is 0 Å². The first-order valence-corrected chi connectivity index (χ1v) is 4.60. The van der Waals surface area contributed by atoms with Gasteiger partial charge in [-0.15, -0.1) is 6.54 Å². The van der Waals surface area contributed by atoms with Crippen LogP contribution in [0.3, 0.4) is 0 Å². The summed E-state index contributed by atoms with van der Waals surface area (Å²) in [5, 5.41) is 3.80. The number of amides is 1. The van der Waals surface area contributed by atoms with Gasteiger partial charge in [-0.3, -0.25) is 0 Å². The molecule has 3 heteroatoms. The van der Waals surface area contributed by atoms with Crippen LogP contribution in [0.15, 0.2) is 12.7 Å². The molecule has 0 aliphatic heterocycles. The summed E-state index contributed by atoms with van der Waals surface area (Å²) in [5.41, 5.74) is 0. The third-order valence-corrected chi connectivity index (χ3v) is 1.68. The second-order valence-electron chi connectivity index (χ2n) is 4.15. The van der Waals surface area contributed by atoms with Gasteiger partial charge in [0.1, 0.15) is 0 Å². The molecule has 0 rings (SSSR count). The fourth-order valence-corrected chi connectivity index (χ4v) is 0.952. The van der Waals surface area contributed by atoms with Crippen LogP contribution >= 0.6 is 0 Å². The highest BCUT2D eigenvalue weighted by Crippen LogP contribution is 2.00. The Morgan fingerprint density at radius 2 is 2.00 bits per heavy atom. The van der Waals surface area contributed by atoms with Crippen molar-refractivity contribution in [3.63, 3.8) is 0 Å². The molecule has 0 aliphatic carbocycles. The van der Waals surface area contributed by atoms with Crippen molar-refractivity contribution in [3.05, 3.63) is 18.0 Å². The van der Waals surface area contributed by atoms with E-state index in [4.69, 9.17) is 0 Å².